The monoisotopic (exact) mass is 469 g/mol. The van der Waals surface area contributed by atoms with Gasteiger partial charge in [0.05, 0.1) is 29.8 Å². The van der Waals surface area contributed by atoms with Crippen LogP contribution in [0.25, 0.3) is 6.08 Å². The quantitative estimate of drug-likeness (QED) is 0.434. The molecule has 1 heterocycles. The lowest BCUT2D eigenvalue weighted by molar-refractivity contribution is -0.113. The van der Waals surface area contributed by atoms with Crippen molar-refractivity contribution in [3.05, 3.63) is 56.4 Å². The summed E-state index contributed by atoms with van der Waals surface area (Å²) in [7, 11) is 3.05. The minimum Gasteiger partial charge on any atom is -0.493 e. The van der Waals surface area contributed by atoms with Crippen LogP contribution in [-0.2, 0) is 4.79 Å². The van der Waals surface area contributed by atoms with Crippen molar-refractivity contribution >= 4 is 73.5 Å². The molecule has 3 rings (SSSR count). The molecule has 0 N–H and O–H groups in total. The maximum absolute atomic E-state index is 12.8. The molecule has 0 radical (unpaired) electrons. The normalized spacial score (nSPS) is 15.7. The molecule has 26 heavy (non-hydrogen) atoms. The van der Waals surface area contributed by atoms with Crippen molar-refractivity contribution in [3.8, 4) is 11.5 Å². The summed E-state index contributed by atoms with van der Waals surface area (Å²) < 4.78 is 11.9. The minimum atomic E-state index is -0.173. The predicted molar refractivity (Wildman–Crippen MR) is 114 cm³/mol. The summed E-state index contributed by atoms with van der Waals surface area (Å²) in [5, 5.41) is 0.404. The van der Waals surface area contributed by atoms with Crippen molar-refractivity contribution < 1.29 is 14.3 Å². The topological polar surface area (TPSA) is 38.8 Å². The molecule has 4 nitrogen and oxygen atoms in total. The van der Waals surface area contributed by atoms with Crippen LogP contribution in [0, 0.1) is 0 Å². The zero-order valence-electron chi connectivity index (χ0n) is 13.8. The van der Waals surface area contributed by atoms with Crippen molar-refractivity contribution in [2.24, 2.45) is 0 Å². The van der Waals surface area contributed by atoms with E-state index in [-0.39, 0.29) is 5.91 Å². The van der Waals surface area contributed by atoms with Crippen LogP contribution in [0.15, 0.2) is 45.8 Å². The Balaban J connectivity index is 1.95. The van der Waals surface area contributed by atoms with Crippen molar-refractivity contribution in [2.75, 3.05) is 19.1 Å². The Hall–Kier alpha value is -1.54. The van der Waals surface area contributed by atoms with Gasteiger partial charge in [-0.25, -0.2) is 0 Å². The molecule has 2 aromatic rings. The molecule has 0 unspecified atom stereocenters. The first-order chi connectivity index (χ1) is 12.4. The third-order valence-corrected chi connectivity index (χ3v) is 5.74. The van der Waals surface area contributed by atoms with Gasteiger partial charge in [0, 0.05) is 4.47 Å². The molecule has 1 saturated heterocycles. The maximum atomic E-state index is 12.8. The van der Waals surface area contributed by atoms with Gasteiger partial charge in [-0.15, -0.1) is 0 Å². The molecule has 0 atom stereocenters. The summed E-state index contributed by atoms with van der Waals surface area (Å²) in [4.78, 5) is 14.8. The van der Waals surface area contributed by atoms with Crippen molar-refractivity contribution in [3.63, 3.8) is 0 Å². The Labute approximate surface area is 174 Å². The summed E-state index contributed by atoms with van der Waals surface area (Å²) in [6.45, 7) is 0. The number of carbonyl (C=O) groups is 1. The van der Waals surface area contributed by atoms with Crippen LogP contribution >= 0.6 is 51.5 Å². The smallest absolute Gasteiger partial charge is 0.270 e. The number of anilines is 1. The molecular weight excluding hydrogens is 458 g/mol. The second kappa shape index (κ2) is 8.00. The molecule has 0 aliphatic carbocycles. The van der Waals surface area contributed by atoms with Crippen LogP contribution in [0.4, 0.5) is 5.69 Å². The number of ether oxygens (including phenoxy) is 2. The van der Waals surface area contributed by atoms with Crippen LogP contribution in [0.1, 0.15) is 5.56 Å². The Morgan fingerprint density at radius 3 is 2.50 bits per heavy atom. The third-order valence-electron chi connectivity index (χ3n) is 3.63. The van der Waals surface area contributed by atoms with E-state index in [0.717, 1.165) is 15.7 Å². The fourth-order valence-corrected chi connectivity index (χ4v) is 4.31. The Morgan fingerprint density at radius 1 is 1.19 bits per heavy atom. The zero-order chi connectivity index (χ0) is 18.8. The average molecular weight is 471 g/mol. The van der Waals surface area contributed by atoms with E-state index in [9.17, 15) is 4.79 Å². The van der Waals surface area contributed by atoms with Crippen LogP contribution in [0.5, 0.6) is 11.5 Å². The van der Waals surface area contributed by atoms with E-state index < -0.39 is 0 Å². The first-order valence-corrected chi connectivity index (χ1v) is 9.79. The van der Waals surface area contributed by atoms with Gasteiger partial charge in [0.1, 0.15) is 0 Å². The van der Waals surface area contributed by atoms with Crippen molar-refractivity contribution in [1.82, 2.24) is 0 Å². The number of halogens is 2. The van der Waals surface area contributed by atoms with Gasteiger partial charge >= 0.3 is 0 Å². The lowest BCUT2D eigenvalue weighted by atomic mass is 10.1. The number of thioether (sulfide) groups is 1. The number of hydrogen-bond acceptors (Lipinski definition) is 5. The van der Waals surface area contributed by atoms with E-state index in [1.165, 1.54) is 30.9 Å². The molecule has 1 fully saturated rings. The van der Waals surface area contributed by atoms with Gasteiger partial charge in [0.2, 0.25) is 0 Å². The van der Waals surface area contributed by atoms with Gasteiger partial charge in [-0.2, -0.15) is 0 Å². The number of methoxy groups -OCH3 is 2. The summed E-state index contributed by atoms with van der Waals surface area (Å²) in [5.41, 5.74) is 1.45. The van der Waals surface area contributed by atoms with Crippen LogP contribution in [0.2, 0.25) is 5.02 Å². The molecule has 0 saturated carbocycles. The predicted octanol–water partition coefficient (Wildman–Crippen LogP) is 5.53. The Kier molecular flexibility index (Phi) is 5.92. The van der Waals surface area contributed by atoms with E-state index in [4.69, 9.17) is 33.3 Å². The van der Waals surface area contributed by atoms with Gasteiger partial charge < -0.3 is 9.47 Å². The summed E-state index contributed by atoms with van der Waals surface area (Å²) in [5.74, 6) is 0.775. The molecule has 1 aliphatic heterocycles. The molecule has 0 bridgehead atoms. The van der Waals surface area contributed by atoms with Gasteiger partial charge in [-0.05, 0) is 48.0 Å². The number of hydrogen-bond donors (Lipinski definition) is 0. The van der Waals surface area contributed by atoms with Crippen LogP contribution in [0.3, 0.4) is 0 Å². The summed E-state index contributed by atoms with van der Waals surface area (Å²) in [6, 6.07) is 10.9. The number of rotatable bonds is 4. The molecule has 0 aromatic heterocycles. The van der Waals surface area contributed by atoms with E-state index in [1.807, 2.05) is 24.3 Å². The molecular formula is C18H13BrClNO3S2. The highest BCUT2D eigenvalue weighted by molar-refractivity contribution is 9.10. The highest BCUT2D eigenvalue weighted by atomic mass is 79.9. The fraction of sp³-hybridized carbons (Fsp3) is 0.111. The standard InChI is InChI=1S/C18H13BrClNO3S2/c1-23-14-8-10(7-13(20)16(14)24-2)9-15-17(22)21(18(25)26-15)12-5-3-11(19)4-6-12/h3-9H,1-2H3/b15-9-. The van der Waals surface area contributed by atoms with Gasteiger partial charge in [0.25, 0.3) is 5.91 Å². The van der Waals surface area contributed by atoms with E-state index >= 15 is 0 Å². The second-order valence-electron chi connectivity index (χ2n) is 5.23. The van der Waals surface area contributed by atoms with Crippen molar-refractivity contribution in [2.45, 2.75) is 0 Å². The third kappa shape index (κ3) is 3.76. The SMILES string of the molecule is COc1cc(/C=C2\SC(=S)N(c3ccc(Br)cc3)C2=O)cc(Cl)c1OC. The van der Waals surface area contributed by atoms with Crippen molar-refractivity contribution in [1.29, 1.82) is 0 Å². The first-order valence-electron chi connectivity index (χ1n) is 7.39. The fourth-order valence-electron chi connectivity index (χ4n) is 2.45. The zero-order valence-corrected chi connectivity index (χ0v) is 17.8. The molecule has 8 heteroatoms. The number of nitrogens with zero attached hydrogens (tertiary/aromatic N) is 1. The Bertz CT molecular complexity index is 915. The average Bonchev–Trinajstić information content (AvgIpc) is 2.89. The lowest BCUT2D eigenvalue weighted by Gasteiger charge is -2.14. The Morgan fingerprint density at radius 2 is 1.88 bits per heavy atom. The van der Waals surface area contributed by atoms with Gasteiger partial charge in [0.15, 0.2) is 15.8 Å². The molecule has 1 amide bonds. The highest BCUT2D eigenvalue weighted by Crippen LogP contribution is 2.39. The maximum Gasteiger partial charge on any atom is 0.270 e. The van der Waals surface area contributed by atoms with E-state index in [0.29, 0.717) is 25.7 Å². The number of carbonyl (C=O) groups excluding carboxylic acids is 1. The molecule has 1 aliphatic rings. The minimum absolute atomic E-state index is 0.173. The molecule has 0 spiro atoms. The lowest BCUT2D eigenvalue weighted by Crippen LogP contribution is -2.27. The van der Waals surface area contributed by atoms with Crippen LogP contribution in [-0.4, -0.2) is 24.4 Å². The number of thiocarbonyl (C=S) groups is 1. The highest BCUT2D eigenvalue weighted by Gasteiger charge is 2.33. The second-order valence-corrected chi connectivity index (χ2v) is 8.23. The first kappa shape index (κ1) is 19.2. The van der Waals surface area contributed by atoms with Gasteiger partial charge in [-0.1, -0.05) is 51.5 Å². The summed E-state index contributed by atoms with van der Waals surface area (Å²) >= 11 is 16.3. The van der Waals surface area contributed by atoms with E-state index in [1.54, 1.807) is 18.2 Å². The molecule has 134 valence electrons. The van der Waals surface area contributed by atoms with Crippen LogP contribution < -0.4 is 14.4 Å². The largest absolute Gasteiger partial charge is 0.493 e. The number of benzene rings is 2. The van der Waals surface area contributed by atoms with Gasteiger partial charge in [-0.3, -0.25) is 9.69 Å². The molecule has 2 aromatic carbocycles. The summed E-state index contributed by atoms with van der Waals surface area (Å²) in [6.07, 6.45) is 1.74. The number of amides is 1. The van der Waals surface area contributed by atoms with E-state index in [2.05, 4.69) is 15.9 Å².